The average molecular weight is 394 g/mol. The molecule has 2 nitrogen and oxygen atoms in total. The summed E-state index contributed by atoms with van der Waals surface area (Å²) in [5.74, 6) is -0.155. The summed E-state index contributed by atoms with van der Waals surface area (Å²) in [5.41, 5.74) is 0. The van der Waals surface area contributed by atoms with Crippen molar-refractivity contribution in [3.8, 4) is 0 Å². The standard InChI is InChI=1S/C15H22Br2O2/c1-19-15(18)13-11-9-7-5-3-2-4-6-8-10-12-14(16)17/h3,5,7,9,12H,2,4,6,8,10-11,13H2,1H3/b5-3+,9-7+. The van der Waals surface area contributed by atoms with Gasteiger partial charge in [0.25, 0.3) is 0 Å². The number of hydrogen-bond donors (Lipinski definition) is 0. The maximum absolute atomic E-state index is 10.8. The minimum absolute atomic E-state index is 0.155. The summed E-state index contributed by atoms with van der Waals surface area (Å²) in [7, 11) is 1.42. The lowest BCUT2D eigenvalue weighted by Gasteiger charge is -1.95. The van der Waals surface area contributed by atoms with Crippen LogP contribution >= 0.6 is 31.9 Å². The second-order valence-corrected chi connectivity index (χ2v) is 6.88. The number of rotatable bonds is 10. The van der Waals surface area contributed by atoms with Crippen LogP contribution in [0.1, 0.15) is 44.9 Å². The van der Waals surface area contributed by atoms with Crippen molar-refractivity contribution in [3.05, 3.63) is 33.8 Å². The number of ether oxygens (including phenoxy) is 1. The van der Waals surface area contributed by atoms with Crippen molar-refractivity contribution in [2.45, 2.75) is 44.9 Å². The molecule has 0 N–H and O–H groups in total. The molecule has 0 unspecified atom stereocenters. The fraction of sp³-hybridized carbons (Fsp3) is 0.533. The van der Waals surface area contributed by atoms with Gasteiger partial charge in [0.2, 0.25) is 0 Å². The van der Waals surface area contributed by atoms with Crippen LogP contribution in [0.25, 0.3) is 0 Å². The molecule has 0 aromatic heterocycles. The van der Waals surface area contributed by atoms with Crippen LogP contribution in [-0.2, 0) is 9.53 Å². The highest BCUT2D eigenvalue weighted by Gasteiger charge is 1.94. The molecule has 19 heavy (non-hydrogen) atoms. The van der Waals surface area contributed by atoms with Crippen LogP contribution < -0.4 is 0 Å². The van der Waals surface area contributed by atoms with Gasteiger partial charge < -0.3 is 4.74 Å². The molecule has 0 heterocycles. The Morgan fingerprint density at radius 2 is 1.63 bits per heavy atom. The van der Waals surface area contributed by atoms with E-state index in [9.17, 15) is 4.79 Å². The van der Waals surface area contributed by atoms with Gasteiger partial charge in [-0.2, -0.15) is 0 Å². The summed E-state index contributed by atoms with van der Waals surface area (Å²) < 4.78 is 5.59. The fourth-order valence-corrected chi connectivity index (χ4v) is 1.91. The fourth-order valence-electron chi connectivity index (χ4n) is 1.45. The van der Waals surface area contributed by atoms with Gasteiger partial charge in [-0.15, -0.1) is 0 Å². The Hall–Kier alpha value is -0.350. The summed E-state index contributed by atoms with van der Waals surface area (Å²) in [6.07, 6.45) is 17.5. The van der Waals surface area contributed by atoms with Gasteiger partial charge >= 0.3 is 5.97 Å². The normalized spacial score (nSPS) is 11.1. The van der Waals surface area contributed by atoms with Gasteiger partial charge in [0.1, 0.15) is 0 Å². The molecule has 0 fully saturated rings. The molecule has 0 saturated heterocycles. The monoisotopic (exact) mass is 392 g/mol. The lowest BCUT2D eigenvalue weighted by atomic mass is 10.1. The molecule has 0 atom stereocenters. The molecule has 0 radical (unpaired) electrons. The minimum Gasteiger partial charge on any atom is -0.469 e. The summed E-state index contributed by atoms with van der Waals surface area (Å²) in [4.78, 5) is 10.8. The van der Waals surface area contributed by atoms with E-state index in [-0.39, 0.29) is 5.97 Å². The molecule has 108 valence electrons. The quantitative estimate of drug-likeness (QED) is 0.273. The van der Waals surface area contributed by atoms with Crippen LogP contribution in [0.2, 0.25) is 0 Å². The number of carbonyl (C=O) groups is 1. The first-order valence-electron chi connectivity index (χ1n) is 6.56. The van der Waals surface area contributed by atoms with Crippen LogP contribution in [0.4, 0.5) is 0 Å². The highest BCUT2D eigenvalue weighted by Crippen LogP contribution is 2.15. The first-order valence-corrected chi connectivity index (χ1v) is 8.15. The number of allylic oxidation sites excluding steroid dienone is 5. The third-order valence-corrected chi connectivity index (χ3v) is 3.15. The summed E-state index contributed by atoms with van der Waals surface area (Å²) in [6, 6.07) is 0. The summed E-state index contributed by atoms with van der Waals surface area (Å²) >= 11 is 6.68. The zero-order chi connectivity index (χ0) is 14.3. The van der Waals surface area contributed by atoms with Gasteiger partial charge in [-0.25, -0.2) is 0 Å². The van der Waals surface area contributed by atoms with E-state index in [1.165, 1.54) is 26.4 Å². The van der Waals surface area contributed by atoms with E-state index in [0.29, 0.717) is 6.42 Å². The third kappa shape index (κ3) is 15.6. The van der Waals surface area contributed by atoms with E-state index >= 15 is 0 Å². The summed E-state index contributed by atoms with van der Waals surface area (Å²) in [5, 5.41) is 0. The third-order valence-electron chi connectivity index (χ3n) is 2.50. The number of carbonyl (C=O) groups excluding carboxylic acids is 1. The van der Waals surface area contributed by atoms with Gasteiger partial charge in [0, 0.05) is 6.42 Å². The largest absolute Gasteiger partial charge is 0.469 e. The maximum atomic E-state index is 10.8. The zero-order valence-corrected chi connectivity index (χ0v) is 14.6. The van der Waals surface area contributed by atoms with Crippen LogP contribution in [0.3, 0.4) is 0 Å². The predicted molar refractivity (Wildman–Crippen MR) is 88.6 cm³/mol. The van der Waals surface area contributed by atoms with E-state index in [0.717, 1.165) is 22.7 Å². The van der Waals surface area contributed by atoms with E-state index in [1.54, 1.807) is 0 Å². The molecule has 0 aromatic carbocycles. The Morgan fingerprint density at radius 3 is 2.26 bits per heavy atom. The Balaban J connectivity index is 3.36. The minimum atomic E-state index is -0.155. The van der Waals surface area contributed by atoms with Gasteiger partial charge in [0.15, 0.2) is 0 Å². The molecular weight excluding hydrogens is 372 g/mol. The Morgan fingerprint density at radius 1 is 1.00 bits per heavy atom. The molecule has 0 aromatic rings. The Kier molecular flexibility index (Phi) is 13.8. The highest BCUT2D eigenvalue weighted by molar-refractivity contribution is 9.28. The van der Waals surface area contributed by atoms with Crippen molar-refractivity contribution < 1.29 is 9.53 Å². The molecule has 0 amide bonds. The van der Waals surface area contributed by atoms with Crippen LogP contribution in [0.5, 0.6) is 0 Å². The Labute approximate surface area is 133 Å². The molecule has 0 rings (SSSR count). The van der Waals surface area contributed by atoms with Crippen LogP contribution in [0.15, 0.2) is 33.8 Å². The van der Waals surface area contributed by atoms with Crippen molar-refractivity contribution in [1.29, 1.82) is 0 Å². The van der Waals surface area contributed by atoms with Crippen LogP contribution in [-0.4, -0.2) is 13.1 Å². The molecular formula is C15H22Br2O2. The van der Waals surface area contributed by atoms with Gasteiger partial charge in [0.05, 0.1) is 10.5 Å². The van der Waals surface area contributed by atoms with Crippen molar-refractivity contribution >= 4 is 37.8 Å². The van der Waals surface area contributed by atoms with E-state index < -0.39 is 0 Å². The summed E-state index contributed by atoms with van der Waals surface area (Å²) in [6.45, 7) is 0. The van der Waals surface area contributed by atoms with Gasteiger partial charge in [-0.05, 0) is 64.0 Å². The molecule has 0 saturated carbocycles. The zero-order valence-electron chi connectivity index (χ0n) is 11.4. The second-order valence-electron chi connectivity index (χ2n) is 4.10. The lowest BCUT2D eigenvalue weighted by molar-refractivity contribution is -0.140. The lowest BCUT2D eigenvalue weighted by Crippen LogP contribution is -1.97. The predicted octanol–water partition coefficient (Wildman–Crippen LogP) is 5.63. The SMILES string of the molecule is COC(=O)CC/C=C/C=C/CCCCCC=C(Br)Br. The first kappa shape index (κ1) is 18.7. The first-order chi connectivity index (χ1) is 9.16. The maximum Gasteiger partial charge on any atom is 0.305 e. The van der Waals surface area contributed by atoms with Crippen molar-refractivity contribution in [3.63, 3.8) is 0 Å². The molecule has 0 aliphatic carbocycles. The van der Waals surface area contributed by atoms with Crippen molar-refractivity contribution in [1.82, 2.24) is 0 Å². The number of hydrogen-bond acceptors (Lipinski definition) is 2. The molecule has 4 heteroatoms. The smallest absolute Gasteiger partial charge is 0.305 e. The van der Waals surface area contributed by atoms with Gasteiger partial charge in [-0.1, -0.05) is 36.8 Å². The number of halogens is 2. The van der Waals surface area contributed by atoms with Crippen molar-refractivity contribution in [2.75, 3.05) is 7.11 Å². The van der Waals surface area contributed by atoms with Gasteiger partial charge in [-0.3, -0.25) is 4.79 Å². The van der Waals surface area contributed by atoms with Crippen LogP contribution in [0, 0.1) is 0 Å². The molecule has 0 aliphatic rings. The molecule has 0 aliphatic heterocycles. The topological polar surface area (TPSA) is 26.3 Å². The van der Waals surface area contributed by atoms with E-state index in [1.807, 2.05) is 18.2 Å². The molecule has 0 bridgehead atoms. The number of methoxy groups -OCH3 is 1. The van der Waals surface area contributed by atoms with E-state index in [4.69, 9.17) is 0 Å². The average Bonchev–Trinajstić information content (AvgIpc) is 2.39. The van der Waals surface area contributed by atoms with E-state index in [2.05, 4.69) is 48.7 Å². The van der Waals surface area contributed by atoms with Crippen molar-refractivity contribution in [2.24, 2.45) is 0 Å². The molecule has 0 spiro atoms. The Bertz CT molecular complexity index is 316. The highest BCUT2D eigenvalue weighted by atomic mass is 79.9. The number of unbranched alkanes of at least 4 members (excludes halogenated alkanes) is 4. The number of esters is 1. The second kappa shape index (κ2) is 14.1.